The summed E-state index contributed by atoms with van der Waals surface area (Å²) in [6.07, 6.45) is 17.2. The molecule has 2 heterocycles. The van der Waals surface area contributed by atoms with Gasteiger partial charge in [-0.25, -0.2) is 13.4 Å². The van der Waals surface area contributed by atoms with Gasteiger partial charge in [0.15, 0.2) is 0 Å². The fourth-order valence-corrected chi connectivity index (χ4v) is 6.90. The minimum atomic E-state index is -3.65. The number of nitrogens with zero attached hydrogens (tertiary/aromatic N) is 3. The van der Waals surface area contributed by atoms with Crippen molar-refractivity contribution in [3.63, 3.8) is 0 Å². The number of benzene rings is 1. The highest BCUT2D eigenvalue weighted by Gasteiger charge is 2.37. The molecule has 1 saturated heterocycles. The van der Waals surface area contributed by atoms with Crippen molar-refractivity contribution in [1.29, 1.82) is 0 Å². The van der Waals surface area contributed by atoms with Crippen molar-refractivity contribution in [2.75, 3.05) is 11.3 Å². The maximum absolute atomic E-state index is 12.7. The number of aryl methyl sites for hydroxylation is 1. The SMILES string of the molecule is O=S(=O)(Nc1ncns1)c1ccc2c(c1)CC[C@@H]2N1CCCC[C@@H]1C1C=CC=CC1. The van der Waals surface area contributed by atoms with Crippen LogP contribution in [0.25, 0.3) is 0 Å². The van der Waals surface area contributed by atoms with Crippen LogP contribution in [0.1, 0.15) is 49.3 Å². The second-order valence-electron chi connectivity index (χ2n) is 8.28. The van der Waals surface area contributed by atoms with Crippen molar-refractivity contribution in [2.45, 2.75) is 55.5 Å². The Kier molecular flexibility index (Phi) is 5.47. The first-order valence-electron chi connectivity index (χ1n) is 10.6. The number of sulfonamides is 1. The molecular weight excluding hydrogens is 416 g/mol. The van der Waals surface area contributed by atoms with Crippen LogP contribution in [0.5, 0.6) is 0 Å². The highest BCUT2D eigenvalue weighted by atomic mass is 32.2. The molecule has 6 nitrogen and oxygen atoms in total. The lowest BCUT2D eigenvalue weighted by Crippen LogP contribution is -2.45. The molecule has 0 spiro atoms. The number of hydrogen-bond donors (Lipinski definition) is 1. The van der Waals surface area contributed by atoms with Crippen LogP contribution in [0, 0.1) is 5.92 Å². The second-order valence-corrected chi connectivity index (χ2v) is 10.7. The molecule has 1 fully saturated rings. The Morgan fingerprint density at radius 2 is 2.10 bits per heavy atom. The number of anilines is 1. The Bertz CT molecular complexity index is 1060. The zero-order valence-corrected chi connectivity index (χ0v) is 18.4. The van der Waals surface area contributed by atoms with Gasteiger partial charge in [-0.3, -0.25) is 9.62 Å². The zero-order valence-electron chi connectivity index (χ0n) is 16.8. The summed E-state index contributed by atoms with van der Waals surface area (Å²) in [4.78, 5) is 6.93. The smallest absolute Gasteiger partial charge is 0.263 e. The first-order chi connectivity index (χ1) is 14.6. The van der Waals surface area contributed by atoms with Gasteiger partial charge in [0.1, 0.15) is 6.33 Å². The number of allylic oxidation sites excluding steroid dienone is 3. The summed E-state index contributed by atoms with van der Waals surface area (Å²) >= 11 is 1.03. The topological polar surface area (TPSA) is 75.2 Å². The van der Waals surface area contributed by atoms with Gasteiger partial charge < -0.3 is 0 Å². The second kappa shape index (κ2) is 8.24. The molecule has 1 N–H and O–H groups in total. The molecule has 0 amide bonds. The molecule has 1 aromatic carbocycles. The standard InChI is InChI=1S/C22H26N4O2S2/c27-30(28,25-22-23-15-24-29-22)18-10-11-19-17(14-18)9-12-21(19)26-13-5-4-8-20(26)16-6-2-1-3-7-16/h1-3,6,10-11,14-16,20-21H,4-5,7-9,12-13H2,(H,23,24,25)/t16?,20-,21+/m1/s1. The summed E-state index contributed by atoms with van der Waals surface area (Å²) in [7, 11) is -3.65. The van der Waals surface area contributed by atoms with Crippen molar-refractivity contribution in [1.82, 2.24) is 14.3 Å². The minimum Gasteiger partial charge on any atom is -0.293 e. The van der Waals surface area contributed by atoms with Gasteiger partial charge in [0, 0.05) is 23.6 Å². The van der Waals surface area contributed by atoms with Crippen LogP contribution in [-0.2, 0) is 16.4 Å². The molecule has 8 heteroatoms. The molecule has 1 aromatic heterocycles. The number of hydrogen-bond acceptors (Lipinski definition) is 6. The monoisotopic (exact) mass is 442 g/mol. The van der Waals surface area contributed by atoms with Gasteiger partial charge in [0.05, 0.1) is 4.90 Å². The Morgan fingerprint density at radius 1 is 1.17 bits per heavy atom. The van der Waals surface area contributed by atoms with E-state index in [2.05, 4.69) is 43.3 Å². The first-order valence-corrected chi connectivity index (χ1v) is 12.9. The third-order valence-electron chi connectivity index (χ3n) is 6.55. The van der Waals surface area contributed by atoms with Gasteiger partial charge in [0.2, 0.25) is 5.13 Å². The minimum absolute atomic E-state index is 0.291. The third-order valence-corrected chi connectivity index (χ3v) is 8.60. The lowest BCUT2D eigenvalue weighted by atomic mass is 9.84. The van der Waals surface area contributed by atoms with Gasteiger partial charge in [-0.2, -0.15) is 4.37 Å². The average Bonchev–Trinajstić information content (AvgIpc) is 3.43. The van der Waals surface area contributed by atoms with Crippen molar-refractivity contribution >= 4 is 26.7 Å². The Labute approximate surface area is 181 Å². The van der Waals surface area contributed by atoms with E-state index in [4.69, 9.17) is 0 Å². The molecule has 2 aromatic rings. The van der Waals surface area contributed by atoms with E-state index in [0.717, 1.165) is 42.9 Å². The van der Waals surface area contributed by atoms with Crippen molar-refractivity contribution in [3.8, 4) is 0 Å². The molecule has 3 atom stereocenters. The van der Waals surface area contributed by atoms with Crippen molar-refractivity contribution in [3.05, 3.63) is 60.0 Å². The summed E-state index contributed by atoms with van der Waals surface area (Å²) in [6, 6.07) is 6.57. The molecule has 1 unspecified atom stereocenters. The Hall–Kier alpha value is -2.03. The van der Waals surface area contributed by atoms with Gasteiger partial charge >= 0.3 is 0 Å². The van der Waals surface area contributed by atoms with Gasteiger partial charge in [-0.05, 0) is 67.8 Å². The highest BCUT2D eigenvalue weighted by Crippen LogP contribution is 2.42. The van der Waals surface area contributed by atoms with Crippen LogP contribution >= 0.6 is 11.5 Å². The molecule has 30 heavy (non-hydrogen) atoms. The first kappa shape index (κ1) is 19.9. The summed E-state index contributed by atoms with van der Waals surface area (Å²) in [5.74, 6) is 0.579. The third kappa shape index (κ3) is 3.84. The van der Waals surface area contributed by atoms with E-state index in [0.29, 0.717) is 28.0 Å². The quantitative estimate of drug-likeness (QED) is 0.747. The van der Waals surface area contributed by atoms with Crippen LogP contribution in [0.4, 0.5) is 5.13 Å². The average molecular weight is 443 g/mol. The van der Waals surface area contributed by atoms with E-state index in [1.165, 1.54) is 31.2 Å². The lowest BCUT2D eigenvalue weighted by Gasteiger charge is -2.43. The summed E-state index contributed by atoms with van der Waals surface area (Å²) in [6.45, 7) is 1.13. The number of rotatable bonds is 5. The predicted molar refractivity (Wildman–Crippen MR) is 119 cm³/mol. The molecule has 0 saturated carbocycles. The number of nitrogens with one attached hydrogen (secondary N) is 1. The van der Waals surface area contributed by atoms with E-state index in [1.54, 1.807) is 6.07 Å². The highest BCUT2D eigenvalue weighted by molar-refractivity contribution is 7.93. The van der Waals surface area contributed by atoms with E-state index in [1.807, 2.05) is 12.1 Å². The van der Waals surface area contributed by atoms with Crippen molar-refractivity contribution < 1.29 is 8.42 Å². The molecule has 1 aliphatic heterocycles. The summed E-state index contributed by atoms with van der Waals surface area (Å²) in [5.41, 5.74) is 2.45. The molecule has 3 aliphatic rings. The summed E-state index contributed by atoms with van der Waals surface area (Å²) < 4.78 is 31.9. The maximum Gasteiger partial charge on any atom is 0.263 e. The number of piperidine rings is 1. The zero-order chi connectivity index (χ0) is 20.6. The molecule has 158 valence electrons. The number of likely N-dealkylation sites (tertiary alicyclic amines) is 1. The van der Waals surface area contributed by atoms with Crippen LogP contribution in [0.15, 0.2) is 53.7 Å². The largest absolute Gasteiger partial charge is 0.293 e. The van der Waals surface area contributed by atoms with E-state index in [-0.39, 0.29) is 0 Å². The normalized spacial score (nSPS) is 26.6. The Balaban J connectivity index is 1.39. The van der Waals surface area contributed by atoms with Gasteiger partial charge in [-0.15, -0.1) is 0 Å². The van der Waals surface area contributed by atoms with Crippen LogP contribution < -0.4 is 4.72 Å². The predicted octanol–water partition coefficient (Wildman–Crippen LogP) is 4.31. The molecule has 0 bridgehead atoms. The number of aromatic nitrogens is 2. The van der Waals surface area contributed by atoms with Crippen LogP contribution in [0.2, 0.25) is 0 Å². The van der Waals surface area contributed by atoms with Crippen LogP contribution in [0.3, 0.4) is 0 Å². The fraction of sp³-hybridized carbons (Fsp3) is 0.455. The molecule has 5 rings (SSSR count). The molecule has 2 aliphatic carbocycles. The fourth-order valence-electron chi connectivity index (χ4n) is 5.19. The van der Waals surface area contributed by atoms with Gasteiger partial charge in [0.25, 0.3) is 10.0 Å². The van der Waals surface area contributed by atoms with Crippen molar-refractivity contribution in [2.24, 2.45) is 5.92 Å². The Morgan fingerprint density at radius 3 is 2.90 bits per heavy atom. The van der Waals surface area contributed by atoms with Crippen LogP contribution in [-0.4, -0.2) is 35.3 Å². The molecule has 0 radical (unpaired) electrons. The number of fused-ring (bicyclic) bond motifs is 1. The molecular formula is C22H26N4O2S2. The summed E-state index contributed by atoms with van der Waals surface area (Å²) in [5, 5.41) is 0.291. The maximum atomic E-state index is 12.7. The lowest BCUT2D eigenvalue weighted by molar-refractivity contribution is 0.0687. The van der Waals surface area contributed by atoms with Gasteiger partial charge in [-0.1, -0.05) is 36.8 Å². The van der Waals surface area contributed by atoms with E-state index < -0.39 is 10.0 Å². The van der Waals surface area contributed by atoms with E-state index >= 15 is 0 Å². The van der Waals surface area contributed by atoms with E-state index in [9.17, 15) is 8.42 Å².